The summed E-state index contributed by atoms with van der Waals surface area (Å²) in [6.07, 6.45) is -4.09. The highest BCUT2D eigenvalue weighted by Crippen LogP contribution is 2.31. The first-order valence-electron chi connectivity index (χ1n) is 6.72. The summed E-state index contributed by atoms with van der Waals surface area (Å²) in [5.74, 6) is -5.28. The van der Waals surface area contributed by atoms with Crippen LogP contribution in [0.3, 0.4) is 0 Å². The average Bonchev–Trinajstić information content (AvgIpc) is 2.90. The lowest BCUT2D eigenvalue weighted by atomic mass is 10.2. The van der Waals surface area contributed by atoms with Gasteiger partial charge < -0.3 is 10.6 Å². The Morgan fingerprint density at radius 1 is 1.20 bits per heavy atom. The lowest BCUT2D eigenvalue weighted by molar-refractivity contribution is -0.139. The molecule has 134 valence electrons. The van der Waals surface area contributed by atoms with Crippen molar-refractivity contribution in [3.63, 3.8) is 0 Å². The Balaban J connectivity index is 2.05. The number of rotatable bonds is 3. The summed E-state index contributed by atoms with van der Waals surface area (Å²) in [5.41, 5.74) is -2.01. The normalized spacial score (nSPS) is 11.3. The monoisotopic (exact) mass is 362 g/mol. The number of hydrogen-bond donors (Lipinski definition) is 2. The van der Waals surface area contributed by atoms with Crippen LogP contribution in [0.1, 0.15) is 11.3 Å². The third kappa shape index (κ3) is 4.11. The zero-order valence-electron chi connectivity index (χ0n) is 12.6. The quantitative estimate of drug-likeness (QED) is 0.648. The molecular weight excluding hydrogens is 351 g/mol. The second-order valence-corrected chi connectivity index (χ2v) is 4.86. The lowest BCUT2D eigenvalue weighted by Crippen LogP contribution is -2.36. The fraction of sp³-hybridized carbons (Fsp3) is 0.214. The molecule has 25 heavy (non-hydrogen) atoms. The predicted molar refractivity (Wildman–Crippen MR) is 75.0 cm³/mol. The summed E-state index contributed by atoms with van der Waals surface area (Å²) in [6, 6.07) is 2.94. The molecule has 1 aromatic carbocycles. The zero-order valence-corrected chi connectivity index (χ0v) is 12.6. The molecule has 0 unspecified atom stereocenters. The first-order valence-corrected chi connectivity index (χ1v) is 6.72. The molecule has 2 rings (SSSR count). The molecule has 11 heteroatoms. The minimum Gasteiger partial charge on any atom is -0.342 e. The molecule has 0 atom stereocenters. The van der Waals surface area contributed by atoms with Crippen molar-refractivity contribution in [3.8, 4) is 0 Å². The van der Waals surface area contributed by atoms with Crippen molar-refractivity contribution >= 4 is 17.5 Å². The number of anilines is 1. The molecule has 0 saturated heterocycles. The Bertz CT molecular complexity index is 816. The molecule has 0 saturated carbocycles. The molecule has 1 aromatic heterocycles. The number of amides is 2. The first kappa shape index (κ1) is 18.4. The van der Waals surface area contributed by atoms with Crippen LogP contribution in [0.25, 0.3) is 0 Å². The maximum atomic E-state index is 13.4. The van der Waals surface area contributed by atoms with Gasteiger partial charge >= 0.3 is 18.0 Å². The molecule has 0 aliphatic heterocycles. The van der Waals surface area contributed by atoms with E-state index < -0.39 is 47.4 Å². The maximum absolute atomic E-state index is 13.4. The number of carbonyl (C=O) groups excluding carboxylic acids is 2. The Labute approximate surface area is 137 Å². The van der Waals surface area contributed by atoms with E-state index in [0.717, 1.165) is 22.9 Å². The summed E-state index contributed by atoms with van der Waals surface area (Å²) in [7, 11) is 1.24. The van der Waals surface area contributed by atoms with Crippen LogP contribution in [0.2, 0.25) is 0 Å². The van der Waals surface area contributed by atoms with Gasteiger partial charge in [0.05, 0.1) is 29.7 Å². The number of alkyl halides is 3. The maximum Gasteiger partial charge on any atom is 0.419 e. The fourth-order valence-corrected chi connectivity index (χ4v) is 1.93. The first-order chi connectivity index (χ1) is 11.6. The van der Waals surface area contributed by atoms with E-state index in [2.05, 4.69) is 5.10 Å². The third-order valence-electron chi connectivity index (χ3n) is 3.19. The molecule has 0 aliphatic carbocycles. The second-order valence-electron chi connectivity index (χ2n) is 4.86. The molecule has 0 aliphatic rings. The highest BCUT2D eigenvalue weighted by molar-refractivity contribution is 6.39. The van der Waals surface area contributed by atoms with Crippen LogP contribution < -0.4 is 10.6 Å². The lowest BCUT2D eigenvalue weighted by Gasteiger charge is -2.11. The minimum absolute atomic E-state index is 0.370. The summed E-state index contributed by atoms with van der Waals surface area (Å²) in [5, 5.41) is 7.24. The number of halogens is 5. The topological polar surface area (TPSA) is 76.0 Å². The van der Waals surface area contributed by atoms with Crippen molar-refractivity contribution in [1.82, 2.24) is 15.1 Å². The van der Waals surface area contributed by atoms with Gasteiger partial charge in [-0.2, -0.15) is 18.3 Å². The standard InChI is InChI=1S/C14H11F5N4O2/c1-23-10(7(5-21-23)14(17,18)19)6-20-12(24)13(25)22-9-4-2-3-8(15)11(9)16/h2-5H,6H2,1H3,(H,20,24)(H,22,25). The predicted octanol–water partition coefficient (Wildman–Crippen LogP) is 1.97. The van der Waals surface area contributed by atoms with E-state index in [-0.39, 0.29) is 5.69 Å². The van der Waals surface area contributed by atoms with Gasteiger partial charge in [-0.05, 0) is 12.1 Å². The van der Waals surface area contributed by atoms with Gasteiger partial charge in [-0.1, -0.05) is 6.07 Å². The van der Waals surface area contributed by atoms with Crippen LogP contribution in [0, 0.1) is 11.6 Å². The highest BCUT2D eigenvalue weighted by Gasteiger charge is 2.36. The molecule has 2 N–H and O–H groups in total. The van der Waals surface area contributed by atoms with Crippen LogP contribution in [-0.4, -0.2) is 21.6 Å². The summed E-state index contributed by atoms with van der Waals surface area (Å²) in [4.78, 5) is 23.3. The molecule has 0 bridgehead atoms. The van der Waals surface area contributed by atoms with Crippen molar-refractivity contribution in [2.24, 2.45) is 7.05 Å². The van der Waals surface area contributed by atoms with Crippen molar-refractivity contribution in [3.05, 3.63) is 47.3 Å². The van der Waals surface area contributed by atoms with E-state index in [4.69, 9.17) is 0 Å². The molecule has 0 fully saturated rings. The Kier molecular flexibility index (Phi) is 5.04. The van der Waals surface area contributed by atoms with Crippen LogP contribution in [0.15, 0.2) is 24.4 Å². The van der Waals surface area contributed by atoms with Crippen molar-refractivity contribution in [1.29, 1.82) is 0 Å². The van der Waals surface area contributed by atoms with Gasteiger partial charge in [-0.3, -0.25) is 14.3 Å². The molecule has 2 aromatic rings. The van der Waals surface area contributed by atoms with E-state index in [1.807, 2.05) is 10.6 Å². The number of aromatic nitrogens is 2. The van der Waals surface area contributed by atoms with Crippen molar-refractivity contribution in [2.75, 3.05) is 5.32 Å². The van der Waals surface area contributed by atoms with Gasteiger partial charge in [-0.15, -0.1) is 0 Å². The Morgan fingerprint density at radius 2 is 1.88 bits per heavy atom. The SMILES string of the molecule is Cn1ncc(C(F)(F)F)c1CNC(=O)C(=O)Nc1cccc(F)c1F. The van der Waals surface area contributed by atoms with Gasteiger partial charge in [0.25, 0.3) is 0 Å². The molecule has 2 amide bonds. The van der Waals surface area contributed by atoms with Crippen molar-refractivity contribution in [2.45, 2.75) is 12.7 Å². The number of nitrogens with zero attached hydrogens (tertiary/aromatic N) is 2. The fourth-order valence-electron chi connectivity index (χ4n) is 1.93. The van der Waals surface area contributed by atoms with E-state index in [0.29, 0.717) is 6.20 Å². The molecular formula is C14H11F5N4O2. The van der Waals surface area contributed by atoms with E-state index in [1.54, 1.807) is 0 Å². The van der Waals surface area contributed by atoms with Gasteiger partial charge in [-0.25, -0.2) is 8.78 Å². The summed E-state index contributed by atoms with van der Waals surface area (Å²) in [6.45, 7) is -0.636. The Hall–Kier alpha value is -2.98. The molecule has 0 spiro atoms. The van der Waals surface area contributed by atoms with Gasteiger partial charge in [0.2, 0.25) is 0 Å². The van der Waals surface area contributed by atoms with Crippen molar-refractivity contribution < 1.29 is 31.5 Å². The van der Waals surface area contributed by atoms with Gasteiger partial charge in [0, 0.05) is 7.05 Å². The van der Waals surface area contributed by atoms with E-state index in [1.165, 1.54) is 7.05 Å². The number of hydrogen-bond acceptors (Lipinski definition) is 3. The van der Waals surface area contributed by atoms with Crippen LogP contribution in [0.5, 0.6) is 0 Å². The van der Waals surface area contributed by atoms with Crippen LogP contribution in [0.4, 0.5) is 27.6 Å². The highest BCUT2D eigenvalue weighted by atomic mass is 19.4. The smallest absolute Gasteiger partial charge is 0.342 e. The summed E-state index contributed by atoms with van der Waals surface area (Å²) < 4.78 is 65.7. The largest absolute Gasteiger partial charge is 0.419 e. The molecule has 0 radical (unpaired) electrons. The number of aryl methyl sites for hydroxylation is 1. The van der Waals surface area contributed by atoms with Gasteiger partial charge in [0.15, 0.2) is 11.6 Å². The summed E-state index contributed by atoms with van der Waals surface area (Å²) >= 11 is 0. The third-order valence-corrected chi connectivity index (χ3v) is 3.19. The zero-order chi connectivity index (χ0) is 18.8. The molecule has 6 nitrogen and oxygen atoms in total. The Morgan fingerprint density at radius 3 is 2.52 bits per heavy atom. The number of carbonyl (C=O) groups is 2. The van der Waals surface area contributed by atoms with E-state index in [9.17, 15) is 31.5 Å². The van der Waals surface area contributed by atoms with Crippen LogP contribution in [-0.2, 0) is 29.4 Å². The van der Waals surface area contributed by atoms with E-state index >= 15 is 0 Å². The minimum atomic E-state index is -4.68. The number of benzene rings is 1. The molecule has 1 heterocycles. The van der Waals surface area contributed by atoms with Gasteiger partial charge in [0.1, 0.15) is 0 Å². The number of nitrogens with one attached hydrogen (secondary N) is 2. The van der Waals surface area contributed by atoms with Crippen LogP contribution >= 0.6 is 0 Å². The average molecular weight is 362 g/mol. The second kappa shape index (κ2) is 6.87.